The molecule has 0 unspecified atom stereocenters. The maximum atomic E-state index is 11.1. The third-order valence-corrected chi connectivity index (χ3v) is 3.31. The Balaban J connectivity index is 2.08. The van der Waals surface area contributed by atoms with E-state index in [1.807, 2.05) is 6.92 Å². The Labute approximate surface area is 87.7 Å². The molecule has 1 aliphatic carbocycles. The van der Waals surface area contributed by atoms with Gasteiger partial charge in [0, 0.05) is 18.9 Å². The minimum absolute atomic E-state index is 0.407. The zero-order valence-electron chi connectivity index (χ0n) is 9.59. The van der Waals surface area contributed by atoms with Crippen molar-refractivity contribution in [2.75, 3.05) is 13.6 Å². The molecule has 0 heterocycles. The fourth-order valence-electron chi connectivity index (χ4n) is 2.23. The van der Waals surface area contributed by atoms with Crippen molar-refractivity contribution >= 4 is 5.78 Å². The van der Waals surface area contributed by atoms with Crippen molar-refractivity contribution in [2.24, 2.45) is 0 Å². The van der Waals surface area contributed by atoms with E-state index in [4.69, 9.17) is 0 Å². The number of carbonyl (C=O) groups excluding carboxylic acids is 1. The Morgan fingerprint density at radius 1 is 1.36 bits per heavy atom. The minimum atomic E-state index is 0.407. The molecule has 0 aliphatic heterocycles. The molecule has 1 saturated carbocycles. The Morgan fingerprint density at radius 3 is 2.57 bits per heavy atom. The first-order chi connectivity index (χ1) is 6.74. The Bertz CT molecular complexity index is 173. The lowest BCUT2D eigenvalue weighted by Gasteiger charge is -2.23. The standard InChI is InChI=1S/C12H23NO/c1-3-12(14)9-6-10-13(2)11-7-4-5-8-11/h11H,3-10H2,1-2H3. The highest BCUT2D eigenvalue weighted by Crippen LogP contribution is 2.22. The zero-order valence-corrected chi connectivity index (χ0v) is 9.59. The van der Waals surface area contributed by atoms with Crippen LogP contribution >= 0.6 is 0 Å². The summed E-state index contributed by atoms with van der Waals surface area (Å²) < 4.78 is 0. The van der Waals surface area contributed by atoms with E-state index in [-0.39, 0.29) is 0 Å². The number of ketones is 1. The molecule has 0 aromatic carbocycles. The third kappa shape index (κ3) is 3.79. The first-order valence-corrected chi connectivity index (χ1v) is 5.96. The van der Waals surface area contributed by atoms with Gasteiger partial charge in [0.15, 0.2) is 0 Å². The molecular weight excluding hydrogens is 174 g/mol. The van der Waals surface area contributed by atoms with E-state index in [1.54, 1.807) is 0 Å². The van der Waals surface area contributed by atoms with Crippen LogP contribution in [0.5, 0.6) is 0 Å². The lowest BCUT2D eigenvalue weighted by atomic mass is 10.1. The third-order valence-electron chi connectivity index (χ3n) is 3.31. The van der Waals surface area contributed by atoms with E-state index in [9.17, 15) is 4.79 Å². The van der Waals surface area contributed by atoms with Crippen LogP contribution in [0.2, 0.25) is 0 Å². The Hall–Kier alpha value is -0.370. The molecule has 0 saturated heterocycles. The Kier molecular flexibility index (Phi) is 5.16. The quantitative estimate of drug-likeness (QED) is 0.652. The lowest BCUT2D eigenvalue weighted by molar-refractivity contribution is -0.118. The van der Waals surface area contributed by atoms with Gasteiger partial charge in [-0.1, -0.05) is 19.8 Å². The second-order valence-electron chi connectivity index (χ2n) is 4.41. The summed E-state index contributed by atoms with van der Waals surface area (Å²) in [5.74, 6) is 0.407. The Morgan fingerprint density at radius 2 is 2.00 bits per heavy atom. The predicted molar refractivity (Wildman–Crippen MR) is 59.4 cm³/mol. The van der Waals surface area contributed by atoms with Gasteiger partial charge in [0.2, 0.25) is 0 Å². The molecule has 0 radical (unpaired) electrons. The van der Waals surface area contributed by atoms with Crippen LogP contribution in [0.15, 0.2) is 0 Å². The number of carbonyl (C=O) groups is 1. The largest absolute Gasteiger partial charge is 0.303 e. The number of nitrogens with zero attached hydrogens (tertiary/aromatic N) is 1. The average Bonchev–Trinajstić information content (AvgIpc) is 2.70. The molecule has 0 atom stereocenters. The second-order valence-corrected chi connectivity index (χ2v) is 4.41. The van der Waals surface area contributed by atoms with Crippen molar-refractivity contribution in [3.63, 3.8) is 0 Å². The highest BCUT2D eigenvalue weighted by atomic mass is 16.1. The fraction of sp³-hybridized carbons (Fsp3) is 0.917. The van der Waals surface area contributed by atoms with Crippen LogP contribution in [0.25, 0.3) is 0 Å². The maximum Gasteiger partial charge on any atom is 0.132 e. The molecule has 0 bridgehead atoms. The van der Waals surface area contributed by atoms with Gasteiger partial charge in [-0.3, -0.25) is 4.79 Å². The van der Waals surface area contributed by atoms with Crippen molar-refractivity contribution < 1.29 is 4.79 Å². The summed E-state index contributed by atoms with van der Waals surface area (Å²) in [5, 5.41) is 0. The topological polar surface area (TPSA) is 20.3 Å². The van der Waals surface area contributed by atoms with Crippen LogP contribution < -0.4 is 0 Å². The minimum Gasteiger partial charge on any atom is -0.303 e. The van der Waals surface area contributed by atoms with Crippen molar-refractivity contribution in [2.45, 2.75) is 57.9 Å². The summed E-state index contributed by atoms with van der Waals surface area (Å²) in [6.07, 6.45) is 8.02. The molecule has 1 fully saturated rings. The number of Topliss-reactive ketones (excluding diaryl/α,β-unsaturated/α-hetero) is 1. The molecule has 0 N–H and O–H groups in total. The summed E-state index contributed by atoms with van der Waals surface area (Å²) >= 11 is 0. The molecule has 2 heteroatoms. The van der Waals surface area contributed by atoms with Crippen LogP contribution in [0, 0.1) is 0 Å². The van der Waals surface area contributed by atoms with Gasteiger partial charge in [0.25, 0.3) is 0 Å². The molecule has 82 valence electrons. The maximum absolute atomic E-state index is 11.1. The van der Waals surface area contributed by atoms with E-state index < -0.39 is 0 Å². The van der Waals surface area contributed by atoms with Gasteiger partial charge in [-0.15, -0.1) is 0 Å². The summed E-state index contributed by atoms with van der Waals surface area (Å²) in [6, 6.07) is 0.798. The highest BCUT2D eigenvalue weighted by Gasteiger charge is 2.18. The molecule has 2 nitrogen and oxygen atoms in total. The first-order valence-electron chi connectivity index (χ1n) is 5.96. The number of rotatable bonds is 6. The van der Waals surface area contributed by atoms with Gasteiger partial charge in [-0.25, -0.2) is 0 Å². The normalized spacial score (nSPS) is 17.9. The van der Waals surface area contributed by atoms with E-state index >= 15 is 0 Å². The van der Waals surface area contributed by atoms with Gasteiger partial charge >= 0.3 is 0 Å². The molecule has 1 rings (SSSR count). The number of hydrogen-bond donors (Lipinski definition) is 0. The van der Waals surface area contributed by atoms with E-state index in [1.165, 1.54) is 25.7 Å². The van der Waals surface area contributed by atoms with Crippen molar-refractivity contribution in [3.05, 3.63) is 0 Å². The van der Waals surface area contributed by atoms with Gasteiger partial charge in [0.05, 0.1) is 0 Å². The highest BCUT2D eigenvalue weighted by molar-refractivity contribution is 5.77. The van der Waals surface area contributed by atoms with Gasteiger partial charge in [0.1, 0.15) is 5.78 Å². The fourth-order valence-corrected chi connectivity index (χ4v) is 2.23. The molecule has 0 aromatic rings. The molecule has 0 amide bonds. The first kappa shape index (κ1) is 11.7. The average molecular weight is 197 g/mol. The van der Waals surface area contributed by atoms with Crippen molar-refractivity contribution in [1.29, 1.82) is 0 Å². The van der Waals surface area contributed by atoms with E-state index in [0.29, 0.717) is 12.2 Å². The summed E-state index contributed by atoms with van der Waals surface area (Å²) in [6.45, 7) is 3.04. The SMILES string of the molecule is CCC(=O)CCCN(C)C1CCCC1. The monoisotopic (exact) mass is 197 g/mol. The molecule has 0 spiro atoms. The van der Waals surface area contributed by atoms with E-state index in [0.717, 1.165) is 25.4 Å². The molecule has 0 aromatic heterocycles. The zero-order chi connectivity index (χ0) is 10.4. The second kappa shape index (κ2) is 6.18. The van der Waals surface area contributed by atoms with Gasteiger partial charge in [-0.2, -0.15) is 0 Å². The van der Waals surface area contributed by atoms with Crippen LogP contribution in [-0.4, -0.2) is 30.3 Å². The van der Waals surface area contributed by atoms with Crippen LogP contribution in [-0.2, 0) is 4.79 Å². The van der Waals surface area contributed by atoms with Gasteiger partial charge in [-0.05, 0) is 32.9 Å². The van der Waals surface area contributed by atoms with Crippen molar-refractivity contribution in [1.82, 2.24) is 4.90 Å². The molecular formula is C12H23NO. The molecule has 1 aliphatic rings. The van der Waals surface area contributed by atoms with Crippen LogP contribution in [0.4, 0.5) is 0 Å². The lowest BCUT2D eigenvalue weighted by Crippen LogP contribution is -2.30. The predicted octanol–water partition coefficient (Wildman–Crippen LogP) is 2.62. The number of hydrogen-bond acceptors (Lipinski definition) is 2. The van der Waals surface area contributed by atoms with Crippen LogP contribution in [0.3, 0.4) is 0 Å². The summed E-state index contributed by atoms with van der Waals surface area (Å²) in [7, 11) is 2.20. The van der Waals surface area contributed by atoms with Crippen molar-refractivity contribution in [3.8, 4) is 0 Å². The molecule has 14 heavy (non-hydrogen) atoms. The summed E-state index contributed by atoms with van der Waals surface area (Å²) in [4.78, 5) is 13.5. The summed E-state index contributed by atoms with van der Waals surface area (Å²) in [5.41, 5.74) is 0. The van der Waals surface area contributed by atoms with Gasteiger partial charge < -0.3 is 4.90 Å². The van der Waals surface area contributed by atoms with Crippen LogP contribution in [0.1, 0.15) is 51.9 Å². The smallest absolute Gasteiger partial charge is 0.132 e. The van der Waals surface area contributed by atoms with E-state index in [2.05, 4.69) is 11.9 Å².